The van der Waals surface area contributed by atoms with Crippen LogP contribution in [0.3, 0.4) is 0 Å². The Morgan fingerprint density at radius 1 is 1.43 bits per heavy atom. The highest BCUT2D eigenvalue weighted by molar-refractivity contribution is 7.15. The Balaban J connectivity index is 1.93. The first-order valence-corrected chi connectivity index (χ1v) is 8.72. The van der Waals surface area contributed by atoms with Crippen molar-refractivity contribution in [2.24, 2.45) is 5.92 Å². The lowest BCUT2D eigenvalue weighted by atomic mass is 9.98. The minimum atomic E-state index is -0.345. The van der Waals surface area contributed by atoms with E-state index in [1.54, 1.807) is 0 Å². The van der Waals surface area contributed by atoms with Crippen LogP contribution >= 0.6 is 11.3 Å². The van der Waals surface area contributed by atoms with Gasteiger partial charge in [-0.3, -0.25) is 19.8 Å². The lowest BCUT2D eigenvalue weighted by molar-refractivity contribution is -0.123. The summed E-state index contributed by atoms with van der Waals surface area (Å²) in [5, 5.41) is 15.2. The van der Waals surface area contributed by atoms with Gasteiger partial charge in [-0.25, -0.2) is 0 Å². The third-order valence-corrected chi connectivity index (χ3v) is 4.64. The average Bonchev–Trinajstić information content (AvgIpc) is 2.77. The molecule has 8 heteroatoms. The van der Waals surface area contributed by atoms with E-state index >= 15 is 0 Å². The fraction of sp³-hybridized carbons (Fsp3) is 0.733. The van der Waals surface area contributed by atoms with Crippen LogP contribution in [0.25, 0.3) is 0 Å². The van der Waals surface area contributed by atoms with E-state index in [0.29, 0.717) is 30.6 Å². The molecule has 1 saturated heterocycles. The molecular formula is C15H25N5O2S. The normalized spacial score (nSPS) is 18.6. The molecule has 0 aromatic carbocycles. The Hall–Kier alpha value is -1.54. The average molecular weight is 339 g/mol. The summed E-state index contributed by atoms with van der Waals surface area (Å²) in [5.41, 5.74) is -0.345. The molecule has 2 amide bonds. The number of carbonyl (C=O) groups is 2. The Labute approximate surface area is 140 Å². The second kappa shape index (κ2) is 7.35. The van der Waals surface area contributed by atoms with Crippen molar-refractivity contribution in [2.75, 3.05) is 25.0 Å². The van der Waals surface area contributed by atoms with Gasteiger partial charge in [0.15, 0.2) is 0 Å². The van der Waals surface area contributed by atoms with Crippen LogP contribution in [0.15, 0.2) is 0 Å². The van der Waals surface area contributed by atoms with Gasteiger partial charge in [-0.05, 0) is 19.8 Å². The van der Waals surface area contributed by atoms with E-state index < -0.39 is 0 Å². The van der Waals surface area contributed by atoms with Crippen molar-refractivity contribution in [1.29, 1.82) is 0 Å². The Bertz CT molecular complexity index is 570. The molecule has 1 aromatic heterocycles. The fourth-order valence-electron chi connectivity index (χ4n) is 2.56. The van der Waals surface area contributed by atoms with E-state index in [1.807, 2.05) is 18.7 Å². The van der Waals surface area contributed by atoms with E-state index in [0.717, 1.165) is 11.4 Å². The monoisotopic (exact) mass is 339 g/mol. The number of amides is 2. The maximum absolute atomic E-state index is 12.3. The number of nitrogens with one attached hydrogen (secondary N) is 2. The number of hydrogen-bond donors (Lipinski definition) is 2. The zero-order valence-electron chi connectivity index (χ0n) is 14.2. The van der Waals surface area contributed by atoms with Gasteiger partial charge >= 0.3 is 0 Å². The van der Waals surface area contributed by atoms with Crippen LogP contribution in [0.5, 0.6) is 0 Å². The van der Waals surface area contributed by atoms with Crippen LogP contribution in [0.4, 0.5) is 5.13 Å². The summed E-state index contributed by atoms with van der Waals surface area (Å²) in [6.45, 7) is 9.66. The highest BCUT2D eigenvalue weighted by Crippen LogP contribution is 2.21. The summed E-state index contributed by atoms with van der Waals surface area (Å²) in [6.07, 6.45) is 1.25. The number of carbonyl (C=O) groups excluding carboxylic acids is 2. The van der Waals surface area contributed by atoms with Crippen LogP contribution in [-0.4, -0.2) is 52.1 Å². The van der Waals surface area contributed by atoms with Crippen LogP contribution in [-0.2, 0) is 16.0 Å². The molecule has 2 N–H and O–H groups in total. The Kier molecular flexibility index (Phi) is 5.69. The standard InChI is InChI=1S/C15H25N5O2S/c1-10(2)7-13-18-19-14(23-13)17-12(22)9-20-6-5-16-11(21)8-15(20,3)4/h10H,5-9H2,1-4H3,(H,16,21)(H,17,19,22). The SMILES string of the molecule is CC(C)Cc1nnc(NC(=O)CN2CCNC(=O)CC2(C)C)s1. The molecule has 0 saturated carbocycles. The maximum Gasteiger partial charge on any atom is 0.240 e. The molecule has 1 fully saturated rings. The Morgan fingerprint density at radius 2 is 2.17 bits per heavy atom. The molecule has 1 aromatic rings. The van der Waals surface area contributed by atoms with Crippen LogP contribution < -0.4 is 10.6 Å². The van der Waals surface area contributed by atoms with E-state index in [9.17, 15) is 9.59 Å². The van der Waals surface area contributed by atoms with Crippen LogP contribution in [0.2, 0.25) is 0 Å². The summed E-state index contributed by atoms with van der Waals surface area (Å²) < 4.78 is 0. The largest absolute Gasteiger partial charge is 0.355 e. The molecule has 1 aliphatic heterocycles. The van der Waals surface area contributed by atoms with E-state index in [-0.39, 0.29) is 23.9 Å². The molecule has 2 heterocycles. The zero-order chi connectivity index (χ0) is 17.0. The summed E-state index contributed by atoms with van der Waals surface area (Å²) in [4.78, 5) is 26.0. The van der Waals surface area contributed by atoms with Gasteiger partial charge in [0.1, 0.15) is 5.01 Å². The van der Waals surface area contributed by atoms with E-state index in [4.69, 9.17) is 0 Å². The molecule has 0 unspecified atom stereocenters. The highest BCUT2D eigenvalue weighted by atomic mass is 32.1. The quantitative estimate of drug-likeness (QED) is 0.844. The topological polar surface area (TPSA) is 87.2 Å². The second-order valence-corrected chi connectivity index (χ2v) is 7.97. The van der Waals surface area contributed by atoms with Gasteiger partial charge in [-0.2, -0.15) is 0 Å². The summed E-state index contributed by atoms with van der Waals surface area (Å²) in [5.74, 6) is 0.412. The highest BCUT2D eigenvalue weighted by Gasteiger charge is 2.33. The van der Waals surface area contributed by atoms with Crippen molar-refractivity contribution in [3.8, 4) is 0 Å². The molecule has 23 heavy (non-hydrogen) atoms. The van der Waals surface area contributed by atoms with E-state index in [2.05, 4.69) is 34.7 Å². The number of aromatic nitrogens is 2. The molecule has 0 spiro atoms. The predicted molar refractivity (Wildman–Crippen MR) is 90.4 cm³/mol. The summed E-state index contributed by atoms with van der Waals surface area (Å²) >= 11 is 1.42. The maximum atomic E-state index is 12.3. The molecule has 128 valence electrons. The van der Waals surface area contributed by atoms with Gasteiger partial charge in [-0.15, -0.1) is 10.2 Å². The molecule has 2 rings (SSSR count). The molecule has 0 aliphatic carbocycles. The first-order chi connectivity index (χ1) is 10.8. The number of anilines is 1. The van der Waals surface area contributed by atoms with Gasteiger partial charge in [0.05, 0.1) is 6.54 Å². The van der Waals surface area contributed by atoms with Gasteiger partial charge in [0.2, 0.25) is 16.9 Å². The first kappa shape index (κ1) is 17.8. The molecule has 1 aliphatic rings. The third-order valence-electron chi connectivity index (χ3n) is 3.78. The van der Waals surface area contributed by atoms with Crippen molar-refractivity contribution in [2.45, 2.75) is 46.1 Å². The number of hydrogen-bond acceptors (Lipinski definition) is 6. The predicted octanol–water partition coefficient (Wildman–Crippen LogP) is 1.28. The Morgan fingerprint density at radius 3 is 2.87 bits per heavy atom. The number of rotatable bonds is 5. The second-order valence-electron chi connectivity index (χ2n) is 6.91. The molecule has 0 atom stereocenters. The van der Waals surface area contributed by atoms with Crippen LogP contribution in [0, 0.1) is 5.92 Å². The fourth-order valence-corrected chi connectivity index (χ4v) is 3.53. The first-order valence-electron chi connectivity index (χ1n) is 7.90. The van der Waals surface area contributed by atoms with Gasteiger partial charge < -0.3 is 5.32 Å². The van der Waals surface area contributed by atoms with Crippen molar-refractivity contribution < 1.29 is 9.59 Å². The van der Waals surface area contributed by atoms with Gasteiger partial charge in [0, 0.05) is 31.5 Å². The van der Waals surface area contributed by atoms with Crippen molar-refractivity contribution in [3.05, 3.63) is 5.01 Å². The minimum Gasteiger partial charge on any atom is -0.355 e. The van der Waals surface area contributed by atoms with Crippen molar-refractivity contribution >= 4 is 28.3 Å². The van der Waals surface area contributed by atoms with Crippen molar-refractivity contribution in [1.82, 2.24) is 20.4 Å². The van der Waals surface area contributed by atoms with Gasteiger partial charge in [-0.1, -0.05) is 25.2 Å². The number of nitrogens with zero attached hydrogens (tertiary/aromatic N) is 3. The molecule has 7 nitrogen and oxygen atoms in total. The molecule has 0 bridgehead atoms. The van der Waals surface area contributed by atoms with E-state index in [1.165, 1.54) is 11.3 Å². The lowest BCUT2D eigenvalue weighted by Gasteiger charge is -2.35. The molecular weight excluding hydrogens is 314 g/mol. The zero-order valence-corrected chi connectivity index (χ0v) is 15.0. The van der Waals surface area contributed by atoms with Gasteiger partial charge in [0.25, 0.3) is 0 Å². The summed E-state index contributed by atoms with van der Waals surface area (Å²) in [7, 11) is 0. The minimum absolute atomic E-state index is 0.0281. The summed E-state index contributed by atoms with van der Waals surface area (Å²) in [6, 6.07) is 0. The third kappa shape index (κ3) is 5.24. The lowest BCUT2D eigenvalue weighted by Crippen LogP contribution is -2.48. The molecule has 0 radical (unpaired) electrons. The van der Waals surface area contributed by atoms with Crippen molar-refractivity contribution in [3.63, 3.8) is 0 Å². The smallest absolute Gasteiger partial charge is 0.240 e. The van der Waals surface area contributed by atoms with Crippen LogP contribution in [0.1, 0.15) is 39.1 Å².